The average Bonchev–Trinajstić information content (AvgIpc) is 3.48. The number of aromatic nitrogens is 2. The Kier molecular flexibility index (Phi) is 5.79. The summed E-state index contributed by atoms with van der Waals surface area (Å²) < 4.78 is 0. The zero-order chi connectivity index (χ0) is 22.2. The van der Waals surface area contributed by atoms with Gasteiger partial charge in [0.05, 0.1) is 11.4 Å². The van der Waals surface area contributed by atoms with Gasteiger partial charge in [-0.2, -0.15) is 10.2 Å². The standard InChI is InChI=1S/C29H37N3/c1-28(2,3)14-17-32-18-15-29(16-19-32)21-25(29)10-11-26-12-13-27(31-30-26)24-9-8-22-6-4-5-7-23(22)20-24/h4-9,12-13,20,25H,10-11,14-19,21H2,1-3H3. The van der Waals surface area contributed by atoms with Crippen LogP contribution in [0.25, 0.3) is 22.0 Å². The highest BCUT2D eigenvalue weighted by molar-refractivity contribution is 5.86. The third-order valence-corrected chi connectivity index (χ3v) is 7.90. The number of nitrogens with zero attached hydrogens (tertiary/aromatic N) is 3. The zero-order valence-corrected chi connectivity index (χ0v) is 20.0. The molecule has 0 amide bonds. The van der Waals surface area contributed by atoms with E-state index in [1.54, 1.807) is 0 Å². The molecule has 1 saturated heterocycles. The van der Waals surface area contributed by atoms with Crippen LogP contribution in [0.5, 0.6) is 0 Å². The van der Waals surface area contributed by atoms with Gasteiger partial charge >= 0.3 is 0 Å². The number of hydrogen-bond donors (Lipinski definition) is 0. The Morgan fingerprint density at radius 1 is 0.938 bits per heavy atom. The van der Waals surface area contributed by atoms with E-state index in [1.807, 2.05) is 0 Å². The van der Waals surface area contributed by atoms with Crippen molar-refractivity contribution in [3.63, 3.8) is 0 Å². The van der Waals surface area contributed by atoms with Crippen LogP contribution in [0.1, 0.15) is 58.6 Å². The van der Waals surface area contributed by atoms with E-state index >= 15 is 0 Å². The Morgan fingerprint density at radius 2 is 1.72 bits per heavy atom. The highest BCUT2D eigenvalue weighted by atomic mass is 15.1. The quantitative estimate of drug-likeness (QED) is 0.435. The summed E-state index contributed by atoms with van der Waals surface area (Å²) >= 11 is 0. The van der Waals surface area contributed by atoms with Crippen LogP contribution in [-0.4, -0.2) is 34.7 Å². The summed E-state index contributed by atoms with van der Waals surface area (Å²) in [6.07, 6.45) is 7.86. The maximum absolute atomic E-state index is 4.57. The maximum atomic E-state index is 4.57. The number of aryl methyl sites for hydroxylation is 1. The lowest BCUT2D eigenvalue weighted by Crippen LogP contribution is -2.37. The van der Waals surface area contributed by atoms with Gasteiger partial charge in [-0.05, 0) is 104 Å². The van der Waals surface area contributed by atoms with Crippen molar-refractivity contribution in [1.82, 2.24) is 15.1 Å². The molecule has 32 heavy (non-hydrogen) atoms. The molecule has 1 unspecified atom stereocenters. The van der Waals surface area contributed by atoms with Crippen molar-refractivity contribution >= 4 is 10.8 Å². The molecule has 1 spiro atoms. The van der Waals surface area contributed by atoms with E-state index in [1.165, 1.54) is 62.5 Å². The molecular weight excluding hydrogens is 390 g/mol. The topological polar surface area (TPSA) is 29.0 Å². The van der Waals surface area contributed by atoms with Gasteiger partial charge in [-0.15, -0.1) is 0 Å². The van der Waals surface area contributed by atoms with Gasteiger partial charge in [-0.3, -0.25) is 0 Å². The molecule has 1 aliphatic carbocycles. The Morgan fingerprint density at radius 3 is 2.44 bits per heavy atom. The van der Waals surface area contributed by atoms with Gasteiger partial charge in [-0.25, -0.2) is 0 Å². The molecule has 0 N–H and O–H groups in total. The van der Waals surface area contributed by atoms with E-state index in [9.17, 15) is 0 Å². The second-order valence-corrected chi connectivity index (χ2v) is 11.4. The molecule has 168 valence electrons. The van der Waals surface area contributed by atoms with E-state index < -0.39 is 0 Å². The molecule has 0 radical (unpaired) electrons. The van der Waals surface area contributed by atoms with Crippen LogP contribution in [0.4, 0.5) is 0 Å². The van der Waals surface area contributed by atoms with Crippen molar-refractivity contribution in [2.45, 2.75) is 59.3 Å². The van der Waals surface area contributed by atoms with Gasteiger partial charge < -0.3 is 4.90 Å². The second-order valence-electron chi connectivity index (χ2n) is 11.4. The zero-order valence-electron chi connectivity index (χ0n) is 20.0. The molecule has 5 rings (SSSR count). The normalized spacial score (nSPS) is 20.7. The Hall–Kier alpha value is -2.26. The average molecular weight is 428 g/mol. The summed E-state index contributed by atoms with van der Waals surface area (Å²) in [5.41, 5.74) is 4.34. The molecule has 2 aliphatic rings. The first-order chi connectivity index (χ1) is 15.4. The van der Waals surface area contributed by atoms with Crippen molar-refractivity contribution in [3.8, 4) is 11.3 Å². The van der Waals surface area contributed by atoms with Crippen LogP contribution >= 0.6 is 0 Å². The SMILES string of the molecule is CC(C)(C)CCN1CCC2(CC1)CC2CCc1ccc(-c2ccc3ccccc3c2)nn1. The number of fused-ring (bicyclic) bond motifs is 1. The van der Waals surface area contributed by atoms with E-state index in [4.69, 9.17) is 0 Å². The summed E-state index contributed by atoms with van der Waals surface area (Å²) in [5.74, 6) is 0.897. The van der Waals surface area contributed by atoms with Crippen molar-refractivity contribution in [2.75, 3.05) is 19.6 Å². The van der Waals surface area contributed by atoms with Crippen molar-refractivity contribution in [2.24, 2.45) is 16.7 Å². The smallest absolute Gasteiger partial charge is 0.0930 e. The van der Waals surface area contributed by atoms with Crippen molar-refractivity contribution < 1.29 is 0 Å². The molecule has 2 fully saturated rings. The van der Waals surface area contributed by atoms with E-state index in [-0.39, 0.29) is 0 Å². The van der Waals surface area contributed by atoms with Crippen LogP contribution in [0.3, 0.4) is 0 Å². The molecule has 3 nitrogen and oxygen atoms in total. The number of likely N-dealkylation sites (tertiary alicyclic amines) is 1. The van der Waals surface area contributed by atoms with Crippen molar-refractivity contribution in [1.29, 1.82) is 0 Å². The second kappa shape index (κ2) is 8.59. The van der Waals surface area contributed by atoms with E-state index in [0.717, 1.165) is 29.3 Å². The minimum absolute atomic E-state index is 0.447. The van der Waals surface area contributed by atoms with Crippen LogP contribution < -0.4 is 0 Å². The number of rotatable bonds is 6. The Labute approximate surface area is 193 Å². The Balaban J connectivity index is 1.12. The lowest BCUT2D eigenvalue weighted by molar-refractivity contribution is 0.145. The van der Waals surface area contributed by atoms with Crippen LogP contribution in [0.15, 0.2) is 54.6 Å². The van der Waals surface area contributed by atoms with Crippen LogP contribution in [0, 0.1) is 16.7 Å². The van der Waals surface area contributed by atoms with E-state index in [2.05, 4.69) is 90.5 Å². The van der Waals surface area contributed by atoms with Gasteiger partial charge in [0.15, 0.2) is 0 Å². The van der Waals surface area contributed by atoms with Crippen molar-refractivity contribution in [3.05, 3.63) is 60.3 Å². The highest BCUT2D eigenvalue weighted by Crippen LogP contribution is 2.61. The van der Waals surface area contributed by atoms with Crippen LogP contribution in [0.2, 0.25) is 0 Å². The molecular formula is C29H37N3. The molecule has 3 aromatic rings. The van der Waals surface area contributed by atoms with Gasteiger partial charge in [-0.1, -0.05) is 57.2 Å². The third-order valence-electron chi connectivity index (χ3n) is 7.90. The molecule has 2 heterocycles. The first-order valence-corrected chi connectivity index (χ1v) is 12.4. The van der Waals surface area contributed by atoms with Gasteiger partial charge in [0.25, 0.3) is 0 Å². The Bertz CT molecular complexity index is 1060. The van der Waals surface area contributed by atoms with Gasteiger partial charge in [0, 0.05) is 5.56 Å². The molecule has 1 atom stereocenters. The first-order valence-electron chi connectivity index (χ1n) is 12.4. The maximum Gasteiger partial charge on any atom is 0.0930 e. The fourth-order valence-corrected chi connectivity index (χ4v) is 5.49. The highest BCUT2D eigenvalue weighted by Gasteiger charge is 2.53. The summed E-state index contributed by atoms with van der Waals surface area (Å²) in [7, 11) is 0. The monoisotopic (exact) mass is 427 g/mol. The van der Waals surface area contributed by atoms with E-state index in [0.29, 0.717) is 10.8 Å². The minimum Gasteiger partial charge on any atom is -0.303 e. The summed E-state index contributed by atoms with van der Waals surface area (Å²) in [6, 6.07) is 19.3. The number of benzene rings is 2. The molecule has 3 heteroatoms. The molecule has 1 aliphatic heterocycles. The first kappa shape index (κ1) is 21.6. The number of hydrogen-bond acceptors (Lipinski definition) is 3. The third kappa shape index (κ3) is 4.88. The minimum atomic E-state index is 0.447. The summed E-state index contributed by atoms with van der Waals surface area (Å²) in [6.45, 7) is 10.9. The summed E-state index contributed by atoms with van der Waals surface area (Å²) in [5, 5.41) is 11.6. The largest absolute Gasteiger partial charge is 0.303 e. The molecule has 2 aromatic carbocycles. The molecule has 1 saturated carbocycles. The fourth-order valence-electron chi connectivity index (χ4n) is 5.49. The molecule has 1 aromatic heterocycles. The lowest BCUT2D eigenvalue weighted by atomic mass is 9.88. The van der Waals surface area contributed by atoms with Gasteiger partial charge in [0.1, 0.15) is 0 Å². The molecule has 0 bridgehead atoms. The predicted molar refractivity (Wildman–Crippen MR) is 134 cm³/mol. The van der Waals surface area contributed by atoms with Gasteiger partial charge in [0.2, 0.25) is 0 Å². The summed E-state index contributed by atoms with van der Waals surface area (Å²) in [4.78, 5) is 2.70. The van der Waals surface area contributed by atoms with Crippen LogP contribution in [-0.2, 0) is 6.42 Å². The fraction of sp³-hybridized carbons (Fsp3) is 0.517. The lowest BCUT2D eigenvalue weighted by Gasteiger charge is -2.34. The predicted octanol–water partition coefficient (Wildman–Crippen LogP) is 6.77. The number of piperidine rings is 1.